The van der Waals surface area contributed by atoms with Crippen LogP contribution in [0, 0.1) is 17.8 Å². The Morgan fingerprint density at radius 2 is 1.62 bits per heavy atom. The predicted molar refractivity (Wildman–Crippen MR) is 159 cm³/mol. The van der Waals surface area contributed by atoms with Crippen LogP contribution in [0.25, 0.3) is 0 Å². The lowest BCUT2D eigenvalue weighted by atomic mass is 9.48. The van der Waals surface area contributed by atoms with Crippen LogP contribution in [0.1, 0.15) is 63.5 Å². The molecule has 1 atom stereocenters. The van der Waals surface area contributed by atoms with Crippen molar-refractivity contribution in [3.8, 4) is 0 Å². The van der Waals surface area contributed by atoms with Crippen molar-refractivity contribution in [2.24, 2.45) is 17.8 Å². The Hall–Kier alpha value is -2.58. The molecule has 0 aromatic heterocycles. The third kappa shape index (κ3) is 6.03. The Morgan fingerprint density at radius 1 is 1.02 bits per heavy atom. The molecule has 4 fully saturated rings. The number of rotatable bonds is 10. The highest BCUT2D eigenvalue weighted by molar-refractivity contribution is 7.92. The fraction of sp³-hybridized carbons (Fsp3) is 0.548. The number of likely N-dealkylation sites (N-methyl/N-ethyl adjacent to an activating group) is 1. The molecule has 0 heterocycles. The minimum atomic E-state index is -3.78. The van der Waals surface area contributed by atoms with Crippen molar-refractivity contribution in [1.29, 1.82) is 0 Å². The molecule has 40 heavy (non-hydrogen) atoms. The van der Waals surface area contributed by atoms with Gasteiger partial charge in [0.25, 0.3) is 0 Å². The largest absolute Gasteiger partial charge is 0.355 e. The summed E-state index contributed by atoms with van der Waals surface area (Å²) in [5.41, 5.74) is 2.71. The molecule has 7 nitrogen and oxygen atoms in total. The Labute approximate surface area is 243 Å². The van der Waals surface area contributed by atoms with E-state index in [1.165, 1.54) is 49.0 Å². The van der Waals surface area contributed by atoms with Gasteiger partial charge in [0.1, 0.15) is 12.6 Å². The van der Waals surface area contributed by atoms with Gasteiger partial charge in [-0.1, -0.05) is 35.9 Å². The fourth-order valence-corrected chi connectivity index (χ4v) is 8.86. The first-order chi connectivity index (χ1) is 19.0. The van der Waals surface area contributed by atoms with E-state index in [1.54, 1.807) is 25.1 Å². The number of amides is 2. The highest BCUT2D eigenvalue weighted by Gasteiger charge is 2.51. The van der Waals surface area contributed by atoms with Crippen LogP contribution in [0.2, 0.25) is 5.02 Å². The Balaban J connectivity index is 1.39. The molecule has 0 aliphatic heterocycles. The summed E-state index contributed by atoms with van der Waals surface area (Å²) in [6, 6.07) is 14.1. The number of nitrogens with zero attached hydrogens (tertiary/aromatic N) is 2. The van der Waals surface area contributed by atoms with Crippen molar-refractivity contribution in [1.82, 2.24) is 10.2 Å². The van der Waals surface area contributed by atoms with E-state index in [9.17, 15) is 18.0 Å². The maximum absolute atomic E-state index is 13.7. The number of hydrogen-bond acceptors (Lipinski definition) is 4. The molecule has 2 aromatic rings. The number of carbonyl (C=O) groups excluding carboxylic acids is 2. The van der Waals surface area contributed by atoms with Gasteiger partial charge in [0.05, 0.1) is 11.9 Å². The minimum absolute atomic E-state index is 0.125. The first-order valence-electron chi connectivity index (χ1n) is 14.4. The number of sulfonamides is 1. The average molecular weight is 586 g/mol. The van der Waals surface area contributed by atoms with E-state index < -0.39 is 28.5 Å². The molecule has 4 bridgehead atoms. The van der Waals surface area contributed by atoms with Crippen molar-refractivity contribution >= 4 is 39.1 Å². The molecule has 9 heteroatoms. The van der Waals surface area contributed by atoms with Crippen LogP contribution >= 0.6 is 11.6 Å². The smallest absolute Gasteiger partial charge is 0.244 e. The molecule has 4 saturated carbocycles. The van der Waals surface area contributed by atoms with Crippen LogP contribution in [-0.4, -0.2) is 50.5 Å². The zero-order valence-electron chi connectivity index (χ0n) is 23.6. The van der Waals surface area contributed by atoms with Crippen LogP contribution in [0.15, 0.2) is 48.5 Å². The molecule has 6 rings (SSSR count). The molecule has 2 amide bonds. The van der Waals surface area contributed by atoms with Crippen LogP contribution in [0.5, 0.6) is 0 Å². The molecule has 4 aliphatic rings. The molecule has 2 aromatic carbocycles. The number of anilines is 1. The van der Waals surface area contributed by atoms with Gasteiger partial charge in [-0.25, -0.2) is 8.42 Å². The summed E-state index contributed by atoms with van der Waals surface area (Å²) in [4.78, 5) is 27.9. The van der Waals surface area contributed by atoms with Gasteiger partial charge < -0.3 is 10.2 Å². The molecule has 4 aliphatic carbocycles. The van der Waals surface area contributed by atoms with Gasteiger partial charge in [-0.05, 0) is 111 Å². The maximum atomic E-state index is 13.7. The summed E-state index contributed by atoms with van der Waals surface area (Å²) in [6.45, 7) is 3.61. The van der Waals surface area contributed by atoms with Crippen LogP contribution < -0.4 is 9.62 Å². The number of hydrogen-bond donors (Lipinski definition) is 1. The lowest BCUT2D eigenvalue weighted by Crippen LogP contribution is -2.51. The van der Waals surface area contributed by atoms with Gasteiger partial charge in [0.2, 0.25) is 21.8 Å². The topological polar surface area (TPSA) is 86.8 Å². The molecular formula is C31H40ClN3O4S. The number of halogens is 1. The zero-order valence-corrected chi connectivity index (χ0v) is 25.2. The van der Waals surface area contributed by atoms with Gasteiger partial charge in [0.15, 0.2) is 0 Å². The van der Waals surface area contributed by atoms with E-state index in [1.807, 2.05) is 25.1 Å². The first kappa shape index (κ1) is 28.9. The van der Waals surface area contributed by atoms with E-state index in [-0.39, 0.29) is 17.9 Å². The standard InChI is InChI=1S/C31H40ClN3O4S/c1-4-33-30(37)21(2)34(19-22-6-5-7-27(32)15-22)29(36)20-35(40(3,38)39)28-10-8-26(9-11-28)31-16-23-12-24(17-31)14-25(13-23)18-31/h5-11,15,21,23-25H,4,12-14,16-20H2,1-3H3,(H,33,37). The summed E-state index contributed by atoms with van der Waals surface area (Å²) < 4.78 is 27.1. The molecule has 216 valence electrons. The summed E-state index contributed by atoms with van der Waals surface area (Å²) in [5, 5.41) is 3.28. The lowest BCUT2D eigenvalue weighted by molar-refractivity contribution is -0.139. The Kier molecular flexibility index (Phi) is 8.22. The van der Waals surface area contributed by atoms with Crippen molar-refractivity contribution in [2.45, 2.75) is 70.4 Å². The van der Waals surface area contributed by atoms with E-state index in [2.05, 4.69) is 17.4 Å². The maximum Gasteiger partial charge on any atom is 0.244 e. The molecule has 1 N–H and O–H groups in total. The third-order valence-electron chi connectivity index (χ3n) is 9.25. The van der Waals surface area contributed by atoms with Gasteiger partial charge in [0, 0.05) is 18.1 Å². The summed E-state index contributed by atoms with van der Waals surface area (Å²) in [7, 11) is -3.78. The second-order valence-electron chi connectivity index (χ2n) is 12.2. The highest BCUT2D eigenvalue weighted by Crippen LogP contribution is 2.60. The Morgan fingerprint density at radius 3 is 2.15 bits per heavy atom. The SMILES string of the molecule is CCNC(=O)C(C)N(Cc1cccc(Cl)c1)C(=O)CN(c1ccc(C23CC4CC(CC(C4)C2)C3)cc1)S(C)(=O)=O. The molecule has 0 radical (unpaired) electrons. The van der Waals surface area contributed by atoms with Gasteiger partial charge in [-0.3, -0.25) is 13.9 Å². The predicted octanol–water partition coefficient (Wildman–Crippen LogP) is 5.13. The van der Waals surface area contributed by atoms with Crippen molar-refractivity contribution < 1.29 is 18.0 Å². The second-order valence-corrected chi connectivity index (χ2v) is 14.6. The lowest BCUT2D eigenvalue weighted by Gasteiger charge is -2.57. The van der Waals surface area contributed by atoms with E-state index in [4.69, 9.17) is 11.6 Å². The first-order valence-corrected chi connectivity index (χ1v) is 16.6. The summed E-state index contributed by atoms with van der Waals surface area (Å²) in [6.07, 6.45) is 8.88. The summed E-state index contributed by atoms with van der Waals surface area (Å²) >= 11 is 6.16. The van der Waals surface area contributed by atoms with Crippen LogP contribution in [0.3, 0.4) is 0 Å². The molecule has 1 unspecified atom stereocenters. The number of benzene rings is 2. The van der Waals surface area contributed by atoms with E-state index in [0.29, 0.717) is 17.3 Å². The molecule has 0 saturated heterocycles. The van der Waals surface area contributed by atoms with Gasteiger partial charge in [-0.2, -0.15) is 0 Å². The second kappa shape index (κ2) is 11.4. The van der Waals surface area contributed by atoms with E-state index in [0.717, 1.165) is 33.9 Å². The number of carbonyl (C=O) groups is 2. The minimum Gasteiger partial charge on any atom is -0.355 e. The normalized spacial score (nSPS) is 25.9. The van der Waals surface area contributed by atoms with Crippen molar-refractivity contribution in [3.63, 3.8) is 0 Å². The highest BCUT2D eigenvalue weighted by atomic mass is 35.5. The molecule has 0 spiro atoms. The average Bonchev–Trinajstić information content (AvgIpc) is 2.89. The van der Waals surface area contributed by atoms with Crippen molar-refractivity contribution in [3.05, 3.63) is 64.7 Å². The zero-order chi connectivity index (χ0) is 28.7. The summed E-state index contributed by atoms with van der Waals surface area (Å²) in [5.74, 6) is 1.67. The molecular weight excluding hydrogens is 546 g/mol. The fourth-order valence-electron chi connectivity index (χ4n) is 7.80. The Bertz CT molecular complexity index is 1330. The van der Waals surface area contributed by atoms with Gasteiger partial charge in [-0.15, -0.1) is 0 Å². The van der Waals surface area contributed by atoms with Crippen LogP contribution in [-0.2, 0) is 31.6 Å². The number of nitrogens with one attached hydrogen (secondary N) is 1. The van der Waals surface area contributed by atoms with E-state index >= 15 is 0 Å². The van der Waals surface area contributed by atoms with Crippen molar-refractivity contribution in [2.75, 3.05) is 23.7 Å². The quantitative estimate of drug-likeness (QED) is 0.419. The van der Waals surface area contributed by atoms with Crippen LogP contribution in [0.4, 0.5) is 5.69 Å². The third-order valence-corrected chi connectivity index (χ3v) is 10.6. The monoisotopic (exact) mass is 585 g/mol. The van der Waals surface area contributed by atoms with Gasteiger partial charge >= 0.3 is 0 Å².